The maximum atomic E-state index is 14.1. The van der Waals surface area contributed by atoms with Crippen molar-refractivity contribution in [3.8, 4) is 23.8 Å². The van der Waals surface area contributed by atoms with Gasteiger partial charge < -0.3 is 29.2 Å². The summed E-state index contributed by atoms with van der Waals surface area (Å²) in [6, 6.07) is 5.53. The molecule has 0 bridgehead atoms. The molecule has 1 aromatic rings. The van der Waals surface area contributed by atoms with E-state index in [1.54, 1.807) is 4.90 Å². The molecule has 3 heterocycles. The van der Waals surface area contributed by atoms with E-state index in [0.29, 0.717) is 17.2 Å². The Morgan fingerprint density at radius 3 is 2.71 bits per heavy atom. The lowest BCUT2D eigenvalue weighted by Gasteiger charge is -2.53. The molecule has 9 heteroatoms. The number of esters is 1. The third-order valence-electron chi connectivity index (χ3n) is 7.90. The molecule has 1 saturated carbocycles. The van der Waals surface area contributed by atoms with Gasteiger partial charge in [0.25, 0.3) is 0 Å². The zero-order valence-corrected chi connectivity index (χ0v) is 22.0. The van der Waals surface area contributed by atoms with Gasteiger partial charge in [-0.3, -0.25) is 14.4 Å². The molecule has 2 fully saturated rings. The third kappa shape index (κ3) is 4.62. The summed E-state index contributed by atoms with van der Waals surface area (Å²) in [6.45, 7) is 4.52. The number of carbonyl (C=O) groups excluding carboxylic acids is 3. The molecule has 4 aliphatic rings. The average Bonchev–Trinajstić information content (AvgIpc) is 3.65. The van der Waals surface area contributed by atoms with E-state index < -0.39 is 23.4 Å². The lowest BCUT2D eigenvalue weighted by atomic mass is 9.64. The molecule has 202 valence electrons. The van der Waals surface area contributed by atoms with Gasteiger partial charge in [-0.05, 0) is 54.9 Å². The van der Waals surface area contributed by atoms with Crippen molar-refractivity contribution in [2.75, 3.05) is 20.4 Å². The molecule has 4 atom stereocenters. The van der Waals surface area contributed by atoms with E-state index in [1.165, 1.54) is 7.11 Å². The molecule has 0 aromatic heterocycles. The van der Waals surface area contributed by atoms with Gasteiger partial charge in [-0.25, -0.2) is 0 Å². The van der Waals surface area contributed by atoms with Gasteiger partial charge in [-0.15, -0.1) is 6.42 Å². The lowest BCUT2D eigenvalue weighted by Crippen LogP contribution is -2.61. The van der Waals surface area contributed by atoms with Crippen LogP contribution in [0.2, 0.25) is 0 Å². The van der Waals surface area contributed by atoms with E-state index in [4.69, 9.17) is 25.4 Å². The highest BCUT2D eigenvalue weighted by atomic mass is 16.7. The molecule has 2 amide bonds. The molecular formula is C29H34N2O7. The zero-order valence-electron chi connectivity index (χ0n) is 22.0. The molecule has 1 aromatic carbocycles. The number of carbonyl (C=O) groups is 3. The third-order valence-corrected chi connectivity index (χ3v) is 7.90. The van der Waals surface area contributed by atoms with Gasteiger partial charge in [0.05, 0.1) is 32.4 Å². The van der Waals surface area contributed by atoms with Crippen molar-refractivity contribution in [3.63, 3.8) is 0 Å². The van der Waals surface area contributed by atoms with Crippen molar-refractivity contribution in [1.82, 2.24) is 10.2 Å². The van der Waals surface area contributed by atoms with Gasteiger partial charge in [0.15, 0.2) is 11.5 Å². The van der Waals surface area contributed by atoms with E-state index in [-0.39, 0.29) is 62.5 Å². The van der Waals surface area contributed by atoms with Crippen molar-refractivity contribution in [2.24, 2.45) is 23.2 Å². The van der Waals surface area contributed by atoms with Crippen LogP contribution in [0.15, 0.2) is 30.0 Å². The largest absolute Gasteiger partial charge is 0.468 e. The van der Waals surface area contributed by atoms with Crippen molar-refractivity contribution < 1.29 is 33.3 Å². The van der Waals surface area contributed by atoms with Crippen LogP contribution in [0.4, 0.5) is 0 Å². The van der Waals surface area contributed by atoms with Crippen molar-refractivity contribution in [3.05, 3.63) is 35.5 Å². The van der Waals surface area contributed by atoms with Crippen LogP contribution in [0.5, 0.6) is 11.5 Å². The SMILES string of the molecule is C#CCNC(=O)C[C@H]1C[C@@]2(C(=O)OC)C(=C[C@H](C(C)C)O[C@@H]2C2CC2)N(Cc2ccc3c(c2)OCO3)C1=O. The summed E-state index contributed by atoms with van der Waals surface area (Å²) in [4.78, 5) is 42.2. The first-order chi connectivity index (χ1) is 18.3. The van der Waals surface area contributed by atoms with Crippen LogP contribution >= 0.6 is 0 Å². The number of rotatable bonds is 8. The van der Waals surface area contributed by atoms with E-state index >= 15 is 0 Å². The molecule has 0 spiro atoms. The monoisotopic (exact) mass is 522 g/mol. The molecule has 1 N–H and O–H groups in total. The quantitative estimate of drug-likeness (QED) is 0.414. The Morgan fingerprint density at radius 2 is 2.03 bits per heavy atom. The maximum absolute atomic E-state index is 14.1. The van der Waals surface area contributed by atoms with Crippen LogP contribution < -0.4 is 14.8 Å². The number of hydrogen-bond donors (Lipinski definition) is 1. The summed E-state index contributed by atoms with van der Waals surface area (Å²) in [5.41, 5.74) is 0.215. The standard InChI is InChI=1S/C29H34N2O7/c1-5-10-30-25(32)12-20-14-29(28(34)35-4)24(13-22(17(2)3)38-26(29)19-7-8-19)31(27(20)33)15-18-6-9-21-23(11-18)37-16-36-21/h1,6,9,11,13,17,19-20,22,26H,7-8,10,12,14-16H2,2-4H3,(H,30,32)/t20-,22+,26+,29+/m0/s1. The number of amides is 2. The van der Waals surface area contributed by atoms with Crippen LogP contribution in [-0.2, 0) is 30.4 Å². The second kappa shape index (κ2) is 10.3. The highest BCUT2D eigenvalue weighted by Gasteiger charge is 2.63. The molecule has 5 rings (SSSR count). The fourth-order valence-electron chi connectivity index (χ4n) is 5.88. The Morgan fingerprint density at radius 1 is 1.26 bits per heavy atom. The number of methoxy groups -OCH3 is 1. The van der Waals surface area contributed by atoms with E-state index in [0.717, 1.165) is 18.4 Å². The fraction of sp³-hybridized carbons (Fsp3) is 0.552. The Kier molecular flexibility index (Phi) is 7.10. The predicted octanol–water partition coefficient (Wildman–Crippen LogP) is 2.78. The fourth-order valence-corrected chi connectivity index (χ4v) is 5.88. The molecule has 9 nitrogen and oxygen atoms in total. The number of hydrogen-bond acceptors (Lipinski definition) is 7. The number of likely N-dealkylation sites (tertiary alicyclic amines) is 1. The van der Waals surface area contributed by atoms with Gasteiger partial charge in [0.2, 0.25) is 18.6 Å². The number of ether oxygens (including phenoxy) is 4. The summed E-state index contributed by atoms with van der Waals surface area (Å²) in [5.74, 6) is 2.19. The summed E-state index contributed by atoms with van der Waals surface area (Å²) in [6.07, 6.45) is 8.42. The smallest absolute Gasteiger partial charge is 0.320 e. The predicted molar refractivity (Wildman–Crippen MR) is 136 cm³/mol. The van der Waals surface area contributed by atoms with Gasteiger partial charge in [0, 0.05) is 18.0 Å². The molecule has 1 saturated heterocycles. The summed E-state index contributed by atoms with van der Waals surface area (Å²) in [7, 11) is 1.36. The molecule has 0 unspecified atom stereocenters. The Bertz CT molecular complexity index is 1200. The zero-order chi connectivity index (χ0) is 27.0. The Hall–Kier alpha value is -3.51. The highest BCUT2D eigenvalue weighted by Crippen LogP contribution is 2.56. The Balaban J connectivity index is 1.59. The first-order valence-corrected chi connectivity index (χ1v) is 13.1. The topological polar surface area (TPSA) is 103 Å². The number of terminal acetylenes is 1. The number of fused-ring (bicyclic) bond motifs is 2. The second-order valence-electron chi connectivity index (χ2n) is 10.8. The maximum Gasteiger partial charge on any atom is 0.320 e. The van der Waals surface area contributed by atoms with Crippen molar-refractivity contribution in [1.29, 1.82) is 0 Å². The van der Waals surface area contributed by atoms with Crippen LogP contribution in [0.25, 0.3) is 0 Å². The number of benzene rings is 1. The Labute approximate surface area is 222 Å². The van der Waals surface area contributed by atoms with Gasteiger partial charge in [0.1, 0.15) is 5.41 Å². The number of nitrogens with zero attached hydrogens (tertiary/aromatic N) is 1. The van der Waals surface area contributed by atoms with Crippen LogP contribution in [0.1, 0.15) is 45.1 Å². The van der Waals surface area contributed by atoms with Gasteiger partial charge in [-0.2, -0.15) is 0 Å². The molecular weight excluding hydrogens is 488 g/mol. The summed E-state index contributed by atoms with van der Waals surface area (Å²) in [5, 5.41) is 2.65. The molecule has 3 aliphatic heterocycles. The minimum absolute atomic E-state index is 0.0673. The van der Waals surface area contributed by atoms with Crippen LogP contribution in [0.3, 0.4) is 0 Å². The first-order valence-electron chi connectivity index (χ1n) is 13.1. The first kappa shape index (κ1) is 26.1. The number of nitrogens with one attached hydrogen (secondary N) is 1. The van der Waals surface area contributed by atoms with Gasteiger partial charge >= 0.3 is 5.97 Å². The van der Waals surface area contributed by atoms with Crippen molar-refractivity contribution in [2.45, 2.75) is 58.3 Å². The van der Waals surface area contributed by atoms with Crippen LogP contribution in [0, 0.1) is 35.5 Å². The highest BCUT2D eigenvalue weighted by molar-refractivity contribution is 5.93. The molecule has 1 aliphatic carbocycles. The van der Waals surface area contributed by atoms with E-state index in [1.807, 2.05) is 24.3 Å². The normalized spacial score (nSPS) is 27.9. The van der Waals surface area contributed by atoms with E-state index in [9.17, 15) is 14.4 Å². The van der Waals surface area contributed by atoms with E-state index in [2.05, 4.69) is 25.1 Å². The minimum atomic E-state index is -1.21. The summed E-state index contributed by atoms with van der Waals surface area (Å²) >= 11 is 0. The summed E-state index contributed by atoms with van der Waals surface area (Å²) < 4.78 is 23.0. The van der Waals surface area contributed by atoms with Crippen molar-refractivity contribution >= 4 is 17.8 Å². The average molecular weight is 523 g/mol. The second-order valence-corrected chi connectivity index (χ2v) is 10.8. The number of piperidine rings is 1. The van der Waals surface area contributed by atoms with Gasteiger partial charge in [-0.1, -0.05) is 25.8 Å². The minimum Gasteiger partial charge on any atom is -0.468 e. The lowest BCUT2D eigenvalue weighted by molar-refractivity contribution is -0.182. The van der Waals surface area contributed by atoms with Crippen LogP contribution in [-0.4, -0.2) is 55.3 Å². The molecule has 38 heavy (non-hydrogen) atoms. The molecule has 0 radical (unpaired) electrons.